The molecule has 6 heteroatoms. The van der Waals surface area contributed by atoms with Crippen LogP contribution in [-0.2, 0) is 9.59 Å². The van der Waals surface area contributed by atoms with E-state index in [2.05, 4.69) is 47.2 Å². The molecule has 0 spiro atoms. The number of carbonyl (C=O) groups is 2. The summed E-state index contributed by atoms with van der Waals surface area (Å²) in [7, 11) is 0. The molecule has 1 aromatic heterocycles. The third-order valence-corrected chi connectivity index (χ3v) is 4.83. The van der Waals surface area contributed by atoms with Gasteiger partial charge in [-0.1, -0.05) is 18.2 Å². The number of anilines is 2. The highest BCUT2D eigenvalue weighted by atomic mass is 16.2. The number of rotatable bonds is 2. The van der Waals surface area contributed by atoms with Crippen molar-refractivity contribution in [1.82, 2.24) is 9.88 Å². The zero-order valence-corrected chi connectivity index (χ0v) is 15.5. The molecule has 0 atom stereocenters. The topological polar surface area (TPSA) is 65.5 Å². The van der Waals surface area contributed by atoms with Gasteiger partial charge in [-0.15, -0.1) is 0 Å². The SMILES string of the molecule is Cc1ccc(NC(=O)C(=O)N2CCN(c3cccc(C)c3C)CC2)nc1. The van der Waals surface area contributed by atoms with E-state index in [1.165, 1.54) is 16.8 Å². The summed E-state index contributed by atoms with van der Waals surface area (Å²) < 4.78 is 0. The predicted octanol–water partition coefficient (Wildman–Crippen LogP) is 2.29. The highest BCUT2D eigenvalue weighted by molar-refractivity contribution is 6.39. The number of benzene rings is 1. The second-order valence-corrected chi connectivity index (χ2v) is 6.67. The van der Waals surface area contributed by atoms with E-state index in [0.29, 0.717) is 32.0 Å². The third-order valence-electron chi connectivity index (χ3n) is 4.83. The van der Waals surface area contributed by atoms with Crippen LogP contribution in [0.25, 0.3) is 0 Å². The van der Waals surface area contributed by atoms with E-state index in [0.717, 1.165) is 5.56 Å². The number of piperazine rings is 1. The van der Waals surface area contributed by atoms with Crippen LogP contribution >= 0.6 is 0 Å². The van der Waals surface area contributed by atoms with Gasteiger partial charge in [0, 0.05) is 38.1 Å². The number of hydrogen-bond donors (Lipinski definition) is 1. The number of nitrogens with zero attached hydrogens (tertiary/aromatic N) is 3. The molecule has 1 fully saturated rings. The van der Waals surface area contributed by atoms with Gasteiger partial charge in [0.15, 0.2) is 0 Å². The zero-order chi connectivity index (χ0) is 18.7. The molecule has 6 nitrogen and oxygen atoms in total. The Bertz CT molecular complexity index is 809. The molecule has 1 saturated heterocycles. The number of amides is 2. The molecule has 3 rings (SSSR count). The minimum atomic E-state index is -0.637. The van der Waals surface area contributed by atoms with Crippen molar-refractivity contribution in [3.63, 3.8) is 0 Å². The summed E-state index contributed by atoms with van der Waals surface area (Å²) in [5, 5.41) is 2.57. The summed E-state index contributed by atoms with van der Waals surface area (Å²) in [6.45, 7) is 8.62. The number of nitrogens with one attached hydrogen (secondary N) is 1. The standard InChI is InChI=1S/C20H24N4O2/c1-14-7-8-18(21-13-14)22-19(25)20(26)24-11-9-23(10-12-24)17-6-4-5-15(2)16(17)3/h4-8,13H,9-12H2,1-3H3,(H,21,22,25). The first kappa shape index (κ1) is 17.9. The van der Waals surface area contributed by atoms with Gasteiger partial charge in [-0.2, -0.15) is 0 Å². The Balaban J connectivity index is 1.58. The lowest BCUT2D eigenvalue weighted by atomic mass is 10.1. The number of aromatic nitrogens is 1. The van der Waals surface area contributed by atoms with Gasteiger partial charge in [0.25, 0.3) is 0 Å². The van der Waals surface area contributed by atoms with Crippen LogP contribution in [0.2, 0.25) is 0 Å². The van der Waals surface area contributed by atoms with Gasteiger partial charge in [0.2, 0.25) is 0 Å². The van der Waals surface area contributed by atoms with E-state index in [-0.39, 0.29) is 0 Å². The second-order valence-electron chi connectivity index (χ2n) is 6.67. The van der Waals surface area contributed by atoms with Crippen molar-refractivity contribution in [3.05, 3.63) is 53.2 Å². The normalized spacial score (nSPS) is 14.3. The number of carbonyl (C=O) groups excluding carboxylic acids is 2. The van der Waals surface area contributed by atoms with E-state index in [4.69, 9.17) is 0 Å². The fourth-order valence-electron chi connectivity index (χ4n) is 3.08. The van der Waals surface area contributed by atoms with Crippen molar-refractivity contribution in [3.8, 4) is 0 Å². The molecular formula is C20H24N4O2. The average molecular weight is 352 g/mol. The lowest BCUT2D eigenvalue weighted by Crippen LogP contribution is -2.51. The maximum Gasteiger partial charge on any atom is 0.315 e. The van der Waals surface area contributed by atoms with Gasteiger partial charge < -0.3 is 15.1 Å². The Hall–Kier alpha value is -2.89. The Labute approximate surface area is 153 Å². The van der Waals surface area contributed by atoms with Crippen molar-refractivity contribution < 1.29 is 9.59 Å². The molecule has 1 aliphatic heterocycles. The molecular weight excluding hydrogens is 328 g/mol. The molecule has 0 unspecified atom stereocenters. The van der Waals surface area contributed by atoms with Crippen LogP contribution < -0.4 is 10.2 Å². The monoisotopic (exact) mass is 352 g/mol. The van der Waals surface area contributed by atoms with Gasteiger partial charge in [0.05, 0.1) is 0 Å². The minimum Gasteiger partial charge on any atom is -0.368 e. The summed E-state index contributed by atoms with van der Waals surface area (Å²) in [5.41, 5.74) is 4.71. The average Bonchev–Trinajstić information content (AvgIpc) is 2.65. The van der Waals surface area contributed by atoms with Crippen LogP contribution in [0.1, 0.15) is 16.7 Å². The van der Waals surface area contributed by atoms with E-state index >= 15 is 0 Å². The molecule has 0 saturated carbocycles. The molecule has 1 N–H and O–H groups in total. The fourth-order valence-corrected chi connectivity index (χ4v) is 3.08. The van der Waals surface area contributed by atoms with Crippen molar-refractivity contribution in [2.24, 2.45) is 0 Å². The van der Waals surface area contributed by atoms with Crippen molar-refractivity contribution in [2.75, 3.05) is 36.4 Å². The molecule has 1 aromatic carbocycles. The van der Waals surface area contributed by atoms with Crippen LogP contribution in [0.3, 0.4) is 0 Å². The quantitative estimate of drug-likeness (QED) is 0.842. The minimum absolute atomic E-state index is 0.392. The first-order valence-corrected chi connectivity index (χ1v) is 8.80. The Kier molecular flexibility index (Phi) is 5.21. The molecule has 136 valence electrons. The maximum atomic E-state index is 12.4. The van der Waals surface area contributed by atoms with Gasteiger partial charge in [0.1, 0.15) is 5.82 Å². The fraction of sp³-hybridized carbons (Fsp3) is 0.350. The lowest BCUT2D eigenvalue weighted by Gasteiger charge is -2.36. The van der Waals surface area contributed by atoms with E-state index < -0.39 is 11.8 Å². The lowest BCUT2D eigenvalue weighted by molar-refractivity contribution is -0.143. The molecule has 0 bridgehead atoms. The Morgan fingerprint density at radius 2 is 1.73 bits per heavy atom. The summed E-state index contributed by atoms with van der Waals surface area (Å²) >= 11 is 0. The largest absolute Gasteiger partial charge is 0.368 e. The highest BCUT2D eigenvalue weighted by Gasteiger charge is 2.26. The number of hydrogen-bond acceptors (Lipinski definition) is 4. The number of aryl methyl sites for hydroxylation is 2. The highest BCUT2D eigenvalue weighted by Crippen LogP contribution is 2.23. The molecule has 1 aliphatic rings. The molecule has 0 aliphatic carbocycles. The molecule has 2 amide bonds. The van der Waals surface area contributed by atoms with Crippen LogP contribution in [-0.4, -0.2) is 47.9 Å². The second kappa shape index (κ2) is 7.56. The summed E-state index contributed by atoms with van der Waals surface area (Å²) in [4.78, 5) is 32.6. The van der Waals surface area contributed by atoms with Crippen LogP contribution in [0.15, 0.2) is 36.5 Å². The van der Waals surface area contributed by atoms with Gasteiger partial charge in [-0.25, -0.2) is 4.98 Å². The maximum absolute atomic E-state index is 12.4. The summed E-state index contributed by atoms with van der Waals surface area (Å²) in [6.07, 6.45) is 1.66. The van der Waals surface area contributed by atoms with E-state index in [9.17, 15) is 9.59 Å². The van der Waals surface area contributed by atoms with E-state index in [1.807, 2.05) is 13.0 Å². The Morgan fingerprint density at radius 3 is 2.38 bits per heavy atom. The first-order chi connectivity index (χ1) is 12.5. The third kappa shape index (κ3) is 3.85. The smallest absolute Gasteiger partial charge is 0.315 e. The van der Waals surface area contributed by atoms with Gasteiger partial charge >= 0.3 is 11.8 Å². The Morgan fingerprint density at radius 1 is 1.00 bits per heavy atom. The number of pyridine rings is 1. The van der Waals surface area contributed by atoms with Crippen LogP contribution in [0, 0.1) is 20.8 Å². The van der Waals surface area contributed by atoms with E-state index in [1.54, 1.807) is 17.2 Å². The predicted molar refractivity (Wildman–Crippen MR) is 102 cm³/mol. The van der Waals surface area contributed by atoms with Crippen LogP contribution in [0.5, 0.6) is 0 Å². The van der Waals surface area contributed by atoms with Gasteiger partial charge in [-0.3, -0.25) is 9.59 Å². The molecule has 26 heavy (non-hydrogen) atoms. The van der Waals surface area contributed by atoms with Crippen LogP contribution in [0.4, 0.5) is 11.5 Å². The summed E-state index contributed by atoms with van der Waals surface area (Å²) in [6, 6.07) is 9.80. The van der Waals surface area contributed by atoms with Crippen molar-refractivity contribution >= 4 is 23.3 Å². The molecule has 2 aromatic rings. The van der Waals surface area contributed by atoms with Crippen molar-refractivity contribution in [1.29, 1.82) is 0 Å². The molecule has 0 radical (unpaired) electrons. The zero-order valence-electron chi connectivity index (χ0n) is 15.5. The summed E-state index contributed by atoms with van der Waals surface area (Å²) in [5.74, 6) is -0.752. The van der Waals surface area contributed by atoms with Crippen molar-refractivity contribution in [2.45, 2.75) is 20.8 Å². The van der Waals surface area contributed by atoms with Gasteiger partial charge in [-0.05, 0) is 49.6 Å². The first-order valence-electron chi connectivity index (χ1n) is 8.80. The molecule has 2 heterocycles.